The van der Waals surface area contributed by atoms with Crippen molar-refractivity contribution in [3.05, 3.63) is 53.5 Å². The van der Waals surface area contributed by atoms with Crippen molar-refractivity contribution < 1.29 is 14.3 Å². The van der Waals surface area contributed by atoms with Crippen molar-refractivity contribution >= 4 is 17.7 Å². The first-order valence-corrected chi connectivity index (χ1v) is 8.51. The highest BCUT2D eigenvalue weighted by Gasteiger charge is 2.28. The predicted molar refractivity (Wildman–Crippen MR) is 92.8 cm³/mol. The summed E-state index contributed by atoms with van der Waals surface area (Å²) in [4.78, 5) is 13.4. The number of thioether (sulfide) groups is 1. The highest BCUT2D eigenvalue weighted by atomic mass is 32.2. The zero-order valence-corrected chi connectivity index (χ0v) is 14.7. The van der Waals surface area contributed by atoms with E-state index in [0.29, 0.717) is 16.6 Å². The molecule has 1 aromatic carbocycles. The summed E-state index contributed by atoms with van der Waals surface area (Å²) in [5.41, 5.74) is -0.623. The minimum absolute atomic E-state index is 0.0828. The van der Waals surface area contributed by atoms with Crippen LogP contribution < -0.4 is 5.32 Å². The molecule has 0 saturated heterocycles. The van der Waals surface area contributed by atoms with E-state index in [2.05, 4.69) is 19.2 Å². The third-order valence-electron chi connectivity index (χ3n) is 3.36. The lowest BCUT2D eigenvalue weighted by atomic mass is 10.0. The maximum atomic E-state index is 12.5. The number of nitrogens with one attached hydrogen (secondary N) is 1. The zero-order valence-electron chi connectivity index (χ0n) is 13.9. The number of hydrogen-bond acceptors (Lipinski definition) is 4. The van der Waals surface area contributed by atoms with Crippen molar-refractivity contribution in [2.75, 3.05) is 6.54 Å². The van der Waals surface area contributed by atoms with Crippen LogP contribution in [0.25, 0.3) is 0 Å². The molecule has 1 unspecified atom stereocenters. The lowest BCUT2D eigenvalue weighted by Gasteiger charge is -2.21. The standard InChI is InChI=1S/C18H23NO3S/c1-12(2)23-15-8-6-5-7-14(15)17(20)19-11-18(4,21)16-10-9-13(3)22-16/h5-10,12,21H,11H2,1-4H3,(H,19,20). The molecule has 1 aromatic heterocycles. The van der Waals surface area contributed by atoms with Gasteiger partial charge in [0.05, 0.1) is 12.1 Å². The Morgan fingerprint density at radius 3 is 2.61 bits per heavy atom. The van der Waals surface area contributed by atoms with Crippen LogP contribution >= 0.6 is 11.8 Å². The molecule has 4 nitrogen and oxygen atoms in total. The Bertz CT molecular complexity index is 676. The highest BCUT2D eigenvalue weighted by Crippen LogP contribution is 2.27. The molecular weight excluding hydrogens is 310 g/mol. The molecule has 124 valence electrons. The monoisotopic (exact) mass is 333 g/mol. The highest BCUT2D eigenvalue weighted by molar-refractivity contribution is 8.00. The van der Waals surface area contributed by atoms with Crippen LogP contribution in [0.5, 0.6) is 0 Å². The minimum Gasteiger partial charge on any atom is -0.463 e. The molecule has 0 aliphatic carbocycles. The van der Waals surface area contributed by atoms with E-state index in [-0.39, 0.29) is 12.5 Å². The molecule has 5 heteroatoms. The summed E-state index contributed by atoms with van der Waals surface area (Å²) < 4.78 is 5.46. The second-order valence-electron chi connectivity index (χ2n) is 6.03. The van der Waals surface area contributed by atoms with Crippen LogP contribution in [0.2, 0.25) is 0 Å². The average Bonchev–Trinajstić information content (AvgIpc) is 2.92. The summed E-state index contributed by atoms with van der Waals surface area (Å²) in [5, 5.41) is 13.7. The smallest absolute Gasteiger partial charge is 0.252 e. The van der Waals surface area contributed by atoms with Crippen molar-refractivity contribution in [2.45, 2.75) is 43.4 Å². The van der Waals surface area contributed by atoms with Crippen molar-refractivity contribution in [1.29, 1.82) is 0 Å². The molecule has 1 atom stereocenters. The molecule has 0 bridgehead atoms. The molecule has 1 amide bonds. The van der Waals surface area contributed by atoms with E-state index in [0.717, 1.165) is 10.7 Å². The number of carbonyl (C=O) groups excluding carboxylic acids is 1. The Balaban J connectivity index is 2.08. The predicted octanol–water partition coefficient (Wildman–Crippen LogP) is 3.73. The fraction of sp³-hybridized carbons (Fsp3) is 0.389. The van der Waals surface area contributed by atoms with Gasteiger partial charge >= 0.3 is 0 Å². The Labute approximate surface area is 141 Å². The zero-order chi connectivity index (χ0) is 17.0. The van der Waals surface area contributed by atoms with Crippen LogP contribution in [0.4, 0.5) is 0 Å². The normalized spacial score (nSPS) is 13.8. The maximum Gasteiger partial charge on any atom is 0.252 e. The van der Waals surface area contributed by atoms with Gasteiger partial charge in [0.15, 0.2) is 0 Å². The molecule has 0 spiro atoms. The number of rotatable bonds is 6. The second-order valence-corrected chi connectivity index (χ2v) is 7.65. The summed E-state index contributed by atoms with van der Waals surface area (Å²) in [6, 6.07) is 11.0. The lowest BCUT2D eigenvalue weighted by Crippen LogP contribution is -2.38. The van der Waals surface area contributed by atoms with Crippen LogP contribution in [0.15, 0.2) is 45.7 Å². The van der Waals surface area contributed by atoms with Crippen LogP contribution in [-0.4, -0.2) is 22.8 Å². The number of hydrogen-bond donors (Lipinski definition) is 2. The van der Waals surface area contributed by atoms with Gasteiger partial charge in [-0.15, -0.1) is 11.8 Å². The van der Waals surface area contributed by atoms with Crippen LogP contribution in [0.1, 0.15) is 42.6 Å². The fourth-order valence-corrected chi connectivity index (χ4v) is 3.12. The summed E-state index contributed by atoms with van der Waals surface area (Å²) >= 11 is 1.64. The Morgan fingerprint density at radius 1 is 1.30 bits per heavy atom. The first-order valence-electron chi connectivity index (χ1n) is 7.63. The van der Waals surface area contributed by atoms with E-state index in [1.807, 2.05) is 25.1 Å². The molecular formula is C18H23NO3S. The van der Waals surface area contributed by atoms with E-state index in [4.69, 9.17) is 4.42 Å². The molecule has 0 aliphatic heterocycles. The molecule has 2 N–H and O–H groups in total. The van der Waals surface area contributed by atoms with Gasteiger partial charge in [0.25, 0.3) is 5.91 Å². The number of aliphatic hydroxyl groups is 1. The second kappa shape index (κ2) is 7.23. The number of furan rings is 1. The molecule has 2 rings (SSSR count). The topological polar surface area (TPSA) is 62.5 Å². The summed E-state index contributed by atoms with van der Waals surface area (Å²) in [6.07, 6.45) is 0. The van der Waals surface area contributed by atoms with Gasteiger partial charge in [0.1, 0.15) is 17.1 Å². The largest absolute Gasteiger partial charge is 0.463 e. The van der Waals surface area contributed by atoms with Crippen LogP contribution in [-0.2, 0) is 5.60 Å². The van der Waals surface area contributed by atoms with E-state index in [9.17, 15) is 9.90 Å². The molecule has 0 aliphatic rings. The Morgan fingerprint density at radius 2 is 2.00 bits per heavy atom. The number of amides is 1. The SMILES string of the molecule is Cc1ccc(C(C)(O)CNC(=O)c2ccccc2SC(C)C)o1. The maximum absolute atomic E-state index is 12.5. The Kier molecular flexibility index (Phi) is 5.55. The van der Waals surface area contributed by atoms with Crippen molar-refractivity contribution in [2.24, 2.45) is 0 Å². The number of benzene rings is 1. The van der Waals surface area contributed by atoms with E-state index < -0.39 is 5.60 Å². The van der Waals surface area contributed by atoms with E-state index >= 15 is 0 Å². The van der Waals surface area contributed by atoms with Gasteiger partial charge in [-0.3, -0.25) is 4.79 Å². The molecule has 0 radical (unpaired) electrons. The fourth-order valence-electron chi connectivity index (χ4n) is 2.17. The number of carbonyl (C=O) groups is 1. The van der Waals surface area contributed by atoms with Crippen molar-refractivity contribution in [1.82, 2.24) is 5.32 Å². The first-order chi connectivity index (χ1) is 10.8. The van der Waals surface area contributed by atoms with Gasteiger partial charge in [-0.25, -0.2) is 0 Å². The lowest BCUT2D eigenvalue weighted by molar-refractivity contribution is 0.0323. The minimum atomic E-state index is -1.25. The van der Waals surface area contributed by atoms with E-state index in [1.54, 1.807) is 36.9 Å². The van der Waals surface area contributed by atoms with Gasteiger partial charge < -0.3 is 14.8 Å². The first kappa shape index (κ1) is 17.6. The van der Waals surface area contributed by atoms with Gasteiger partial charge in [0.2, 0.25) is 0 Å². The van der Waals surface area contributed by atoms with Gasteiger partial charge in [-0.1, -0.05) is 26.0 Å². The quantitative estimate of drug-likeness (QED) is 0.791. The molecule has 2 aromatic rings. The third-order valence-corrected chi connectivity index (χ3v) is 4.44. The van der Waals surface area contributed by atoms with Gasteiger partial charge in [-0.05, 0) is 38.1 Å². The van der Waals surface area contributed by atoms with Crippen molar-refractivity contribution in [3.8, 4) is 0 Å². The average molecular weight is 333 g/mol. The molecule has 23 heavy (non-hydrogen) atoms. The summed E-state index contributed by atoms with van der Waals surface area (Å²) in [6.45, 7) is 7.70. The van der Waals surface area contributed by atoms with Gasteiger partial charge in [-0.2, -0.15) is 0 Å². The van der Waals surface area contributed by atoms with Crippen LogP contribution in [0, 0.1) is 6.92 Å². The van der Waals surface area contributed by atoms with Crippen LogP contribution in [0.3, 0.4) is 0 Å². The molecule has 1 heterocycles. The third kappa shape index (κ3) is 4.62. The molecule has 0 fully saturated rings. The number of aryl methyl sites for hydroxylation is 1. The summed E-state index contributed by atoms with van der Waals surface area (Å²) in [5.74, 6) is 0.975. The van der Waals surface area contributed by atoms with E-state index in [1.165, 1.54) is 0 Å². The Hall–Kier alpha value is -1.72. The molecule has 0 saturated carbocycles. The van der Waals surface area contributed by atoms with Crippen molar-refractivity contribution in [3.63, 3.8) is 0 Å². The van der Waals surface area contributed by atoms with Gasteiger partial charge in [0, 0.05) is 10.1 Å². The summed E-state index contributed by atoms with van der Waals surface area (Å²) in [7, 11) is 0.